The largest absolute Gasteiger partial charge is 0.378 e. The molecule has 0 spiro atoms. The number of piperidine rings is 1. The SMILES string of the molecule is FC(F)(Br)c1nc(C2CCNCC2)no1. The van der Waals surface area contributed by atoms with Crippen LogP contribution in [0.2, 0.25) is 0 Å². The van der Waals surface area contributed by atoms with E-state index in [0.29, 0.717) is 5.82 Å². The molecule has 1 aromatic heterocycles. The van der Waals surface area contributed by atoms with Gasteiger partial charge in [0, 0.05) is 21.8 Å². The van der Waals surface area contributed by atoms with Gasteiger partial charge in [-0.2, -0.15) is 13.8 Å². The molecule has 15 heavy (non-hydrogen) atoms. The summed E-state index contributed by atoms with van der Waals surface area (Å²) in [5.74, 6) is -0.166. The predicted octanol–water partition coefficient (Wildman–Crippen LogP) is 1.98. The van der Waals surface area contributed by atoms with Crippen molar-refractivity contribution in [1.82, 2.24) is 15.5 Å². The average molecular weight is 282 g/mol. The fourth-order valence-electron chi connectivity index (χ4n) is 1.60. The van der Waals surface area contributed by atoms with Crippen LogP contribution in [-0.2, 0) is 4.83 Å². The van der Waals surface area contributed by atoms with Crippen molar-refractivity contribution in [3.05, 3.63) is 11.7 Å². The molecular weight excluding hydrogens is 272 g/mol. The van der Waals surface area contributed by atoms with E-state index in [1.807, 2.05) is 0 Å². The molecule has 84 valence electrons. The van der Waals surface area contributed by atoms with Crippen molar-refractivity contribution in [2.24, 2.45) is 0 Å². The monoisotopic (exact) mass is 281 g/mol. The average Bonchev–Trinajstić information content (AvgIpc) is 2.67. The van der Waals surface area contributed by atoms with Crippen LogP contribution in [-0.4, -0.2) is 23.2 Å². The molecule has 0 bridgehead atoms. The predicted molar refractivity (Wildman–Crippen MR) is 52.0 cm³/mol. The molecule has 4 nitrogen and oxygen atoms in total. The summed E-state index contributed by atoms with van der Waals surface area (Å²) in [4.78, 5) is 0.472. The maximum Gasteiger partial charge on any atom is 0.378 e. The van der Waals surface area contributed by atoms with Gasteiger partial charge in [-0.05, 0) is 25.9 Å². The molecule has 0 unspecified atom stereocenters. The minimum absolute atomic E-state index is 0.124. The molecule has 7 heteroatoms. The van der Waals surface area contributed by atoms with Crippen LogP contribution in [0, 0.1) is 0 Å². The first-order chi connectivity index (χ1) is 7.07. The van der Waals surface area contributed by atoms with Crippen molar-refractivity contribution in [2.75, 3.05) is 13.1 Å². The highest BCUT2D eigenvalue weighted by molar-refractivity contribution is 9.09. The van der Waals surface area contributed by atoms with E-state index < -0.39 is 10.7 Å². The van der Waals surface area contributed by atoms with Gasteiger partial charge in [-0.15, -0.1) is 0 Å². The Morgan fingerprint density at radius 2 is 2.07 bits per heavy atom. The lowest BCUT2D eigenvalue weighted by Crippen LogP contribution is -2.27. The Morgan fingerprint density at radius 1 is 1.40 bits per heavy atom. The molecule has 1 fully saturated rings. The number of alkyl halides is 3. The van der Waals surface area contributed by atoms with Gasteiger partial charge >= 0.3 is 10.7 Å². The molecule has 0 saturated carbocycles. The maximum atomic E-state index is 12.7. The third-order valence-electron chi connectivity index (χ3n) is 2.39. The number of nitrogens with zero attached hydrogens (tertiary/aromatic N) is 2. The van der Waals surface area contributed by atoms with Crippen LogP contribution in [0.25, 0.3) is 0 Å². The van der Waals surface area contributed by atoms with Crippen molar-refractivity contribution in [3.63, 3.8) is 0 Å². The Morgan fingerprint density at radius 3 is 2.60 bits per heavy atom. The summed E-state index contributed by atoms with van der Waals surface area (Å²) in [5.41, 5.74) is 0. The number of hydrogen-bond acceptors (Lipinski definition) is 4. The second kappa shape index (κ2) is 4.13. The van der Waals surface area contributed by atoms with Gasteiger partial charge < -0.3 is 9.84 Å². The molecule has 0 aromatic carbocycles. The standard InChI is InChI=1S/C8H10BrF2N3O/c9-8(10,11)7-13-6(14-15-7)5-1-3-12-4-2-5/h5,12H,1-4H2. The van der Waals surface area contributed by atoms with Crippen LogP contribution in [0.4, 0.5) is 8.78 Å². The van der Waals surface area contributed by atoms with Crippen molar-refractivity contribution in [1.29, 1.82) is 0 Å². The van der Waals surface area contributed by atoms with E-state index >= 15 is 0 Å². The number of hydrogen-bond donors (Lipinski definition) is 1. The molecular formula is C8H10BrF2N3O. The number of rotatable bonds is 2. The maximum absolute atomic E-state index is 12.7. The van der Waals surface area contributed by atoms with E-state index in [9.17, 15) is 8.78 Å². The molecule has 1 N–H and O–H groups in total. The molecule has 0 amide bonds. The van der Waals surface area contributed by atoms with Crippen molar-refractivity contribution < 1.29 is 13.3 Å². The highest BCUT2D eigenvalue weighted by Crippen LogP contribution is 2.34. The summed E-state index contributed by atoms with van der Waals surface area (Å²) in [6.45, 7) is 1.72. The smallest absolute Gasteiger partial charge is 0.332 e. The number of aromatic nitrogens is 2. The van der Waals surface area contributed by atoms with Crippen molar-refractivity contribution in [2.45, 2.75) is 23.6 Å². The van der Waals surface area contributed by atoms with Crippen molar-refractivity contribution in [3.8, 4) is 0 Å². The van der Waals surface area contributed by atoms with E-state index in [-0.39, 0.29) is 5.92 Å². The summed E-state index contributed by atoms with van der Waals surface area (Å²) in [7, 11) is 0. The van der Waals surface area contributed by atoms with E-state index in [0.717, 1.165) is 25.9 Å². The quantitative estimate of drug-likeness (QED) is 0.843. The Labute approximate surface area is 93.5 Å². The summed E-state index contributed by atoms with van der Waals surface area (Å²) in [5, 5.41) is 6.76. The van der Waals surface area contributed by atoms with Crippen molar-refractivity contribution >= 4 is 15.9 Å². The summed E-state index contributed by atoms with van der Waals surface area (Å²) in [6.07, 6.45) is 1.71. The molecule has 1 aliphatic rings. The molecule has 0 aliphatic carbocycles. The highest BCUT2D eigenvalue weighted by Gasteiger charge is 2.35. The molecule has 0 atom stereocenters. The third-order valence-corrected chi connectivity index (χ3v) is 2.73. The van der Waals surface area contributed by atoms with Gasteiger partial charge in [0.05, 0.1) is 0 Å². The second-order valence-electron chi connectivity index (χ2n) is 3.48. The minimum Gasteiger partial charge on any atom is -0.332 e. The molecule has 1 aromatic rings. The molecule has 1 aliphatic heterocycles. The molecule has 0 radical (unpaired) electrons. The Hall–Kier alpha value is -0.560. The third kappa shape index (κ3) is 2.52. The van der Waals surface area contributed by atoms with E-state index in [1.165, 1.54) is 0 Å². The zero-order valence-corrected chi connectivity index (χ0v) is 9.43. The first-order valence-electron chi connectivity index (χ1n) is 4.69. The zero-order chi connectivity index (χ0) is 10.9. The van der Waals surface area contributed by atoms with Crippen LogP contribution in [0.3, 0.4) is 0 Å². The molecule has 1 saturated heterocycles. The Bertz CT molecular complexity index is 333. The first kappa shape index (κ1) is 10.9. The lowest BCUT2D eigenvalue weighted by Gasteiger charge is -2.18. The van der Waals surface area contributed by atoms with E-state index in [1.54, 1.807) is 0 Å². The van der Waals surface area contributed by atoms with Gasteiger partial charge in [-0.25, -0.2) is 0 Å². The van der Waals surface area contributed by atoms with Gasteiger partial charge in [0.2, 0.25) is 0 Å². The van der Waals surface area contributed by atoms with Gasteiger partial charge in [0.15, 0.2) is 5.82 Å². The van der Waals surface area contributed by atoms with Gasteiger partial charge in [0.25, 0.3) is 0 Å². The normalized spacial score (nSPS) is 19.4. The lowest BCUT2D eigenvalue weighted by atomic mass is 9.98. The topological polar surface area (TPSA) is 51.0 Å². The van der Waals surface area contributed by atoms with E-state index in [4.69, 9.17) is 0 Å². The Balaban J connectivity index is 2.12. The van der Waals surface area contributed by atoms with Gasteiger partial charge in [-0.3, -0.25) is 0 Å². The zero-order valence-electron chi connectivity index (χ0n) is 7.84. The lowest BCUT2D eigenvalue weighted by molar-refractivity contribution is 0.0725. The van der Waals surface area contributed by atoms with Crippen LogP contribution in [0.15, 0.2) is 4.52 Å². The minimum atomic E-state index is -3.23. The van der Waals surface area contributed by atoms with Crippen LogP contribution in [0.5, 0.6) is 0 Å². The highest BCUT2D eigenvalue weighted by atomic mass is 79.9. The van der Waals surface area contributed by atoms with Crippen LogP contribution >= 0.6 is 15.9 Å². The number of nitrogens with one attached hydrogen (secondary N) is 1. The summed E-state index contributed by atoms with van der Waals surface area (Å²) >= 11 is 2.18. The van der Waals surface area contributed by atoms with Crippen LogP contribution < -0.4 is 5.32 Å². The summed E-state index contributed by atoms with van der Waals surface area (Å²) in [6, 6.07) is 0. The fourth-order valence-corrected chi connectivity index (χ4v) is 1.76. The molecule has 2 heterocycles. The van der Waals surface area contributed by atoms with Gasteiger partial charge in [0.1, 0.15) is 0 Å². The molecule has 2 rings (SSSR count). The van der Waals surface area contributed by atoms with E-state index in [2.05, 4.69) is 35.9 Å². The van der Waals surface area contributed by atoms with Crippen LogP contribution in [0.1, 0.15) is 30.5 Å². The Kier molecular flexibility index (Phi) is 3.01. The second-order valence-corrected chi connectivity index (χ2v) is 4.48. The number of halogens is 3. The summed E-state index contributed by atoms with van der Waals surface area (Å²) < 4.78 is 30.0. The van der Waals surface area contributed by atoms with Gasteiger partial charge in [-0.1, -0.05) is 5.16 Å². The fraction of sp³-hybridized carbons (Fsp3) is 0.750. The first-order valence-corrected chi connectivity index (χ1v) is 5.48.